The Morgan fingerprint density at radius 3 is 2.67 bits per heavy atom. The summed E-state index contributed by atoms with van der Waals surface area (Å²) in [5.41, 5.74) is 2.10. The van der Waals surface area contributed by atoms with Gasteiger partial charge in [0.25, 0.3) is 0 Å². The van der Waals surface area contributed by atoms with Crippen LogP contribution in [0.4, 0.5) is 0 Å². The first kappa shape index (κ1) is 22.3. The Hall–Kier alpha value is -2.50. The molecule has 33 heavy (non-hydrogen) atoms. The summed E-state index contributed by atoms with van der Waals surface area (Å²) >= 11 is 0.209. The molecule has 0 N–H and O–H groups in total. The van der Waals surface area contributed by atoms with Gasteiger partial charge in [-0.25, -0.2) is 0 Å². The zero-order chi connectivity index (χ0) is 22.6. The second-order valence-corrected chi connectivity index (χ2v) is 11.4. The molecule has 0 atom stereocenters. The van der Waals surface area contributed by atoms with Crippen molar-refractivity contribution >= 4 is 26.7 Å². The molecule has 8 heteroatoms. The van der Waals surface area contributed by atoms with Crippen LogP contribution in [0.1, 0.15) is 18.5 Å². The van der Waals surface area contributed by atoms with Crippen molar-refractivity contribution in [1.82, 2.24) is 14.5 Å². The van der Waals surface area contributed by atoms with Gasteiger partial charge in [-0.2, -0.15) is 0 Å². The first-order chi connectivity index (χ1) is 16.2. The van der Waals surface area contributed by atoms with Crippen LogP contribution in [0, 0.1) is 0 Å². The van der Waals surface area contributed by atoms with Gasteiger partial charge in [-0.15, -0.1) is 0 Å². The van der Waals surface area contributed by atoms with Crippen molar-refractivity contribution in [2.24, 2.45) is 0 Å². The summed E-state index contributed by atoms with van der Waals surface area (Å²) in [7, 11) is 1.66. The number of hydrogen-bond acceptors (Lipinski definition) is 6. The Labute approximate surface area is 200 Å². The van der Waals surface area contributed by atoms with Crippen molar-refractivity contribution in [2.45, 2.75) is 29.3 Å². The van der Waals surface area contributed by atoms with Crippen molar-refractivity contribution < 1.29 is 14.2 Å². The van der Waals surface area contributed by atoms with Crippen LogP contribution >= 0.6 is 0 Å². The molecule has 173 valence electrons. The Morgan fingerprint density at radius 1 is 1.06 bits per heavy atom. The number of hydrogen-bond donors (Lipinski definition) is 0. The van der Waals surface area contributed by atoms with Gasteiger partial charge in [0.1, 0.15) is 0 Å². The van der Waals surface area contributed by atoms with Gasteiger partial charge in [0, 0.05) is 0 Å². The molecule has 7 nitrogen and oxygen atoms in total. The number of rotatable bonds is 7. The molecular weight excluding hydrogens is 481 g/mol. The molecular formula is C25H29AsN3O4. The van der Waals surface area contributed by atoms with Gasteiger partial charge >= 0.3 is 200 Å². The monoisotopic (exact) mass is 510 g/mol. The maximum atomic E-state index is 12.6. The summed E-state index contributed by atoms with van der Waals surface area (Å²) in [6, 6.07) is 11.5. The van der Waals surface area contributed by atoms with Crippen LogP contribution in [-0.2, 0) is 11.8 Å². The van der Waals surface area contributed by atoms with Crippen molar-refractivity contribution in [2.75, 3.05) is 40.0 Å². The summed E-state index contributed by atoms with van der Waals surface area (Å²) in [5.74, 6) is 2.38. The molecule has 4 heterocycles. The van der Waals surface area contributed by atoms with Crippen molar-refractivity contribution in [1.29, 1.82) is 0 Å². The Kier molecular flexibility index (Phi) is 6.88. The van der Waals surface area contributed by atoms with Crippen LogP contribution in [0.3, 0.4) is 0 Å². The fourth-order valence-corrected chi connectivity index (χ4v) is 7.04. The van der Waals surface area contributed by atoms with Gasteiger partial charge in [-0.3, -0.25) is 0 Å². The van der Waals surface area contributed by atoms with E-state index in [1.165, 1.54) is 12.8 Å². The number of methoxy groups -OCH3 is 1. The third-order valence-corrected chi connectivity index (χ3v) is 9.62. The zero-order valence-corrected chi connectivity index (χ0v) is 20.8. The van der Waals surface area contributed by atoms with E-state index in [1.807, 2.05) is 28.8 Å². The molecule has 2 aliphatic rings. The predicted octanol–water partition coefficient (Wildman–Crippen LogP) is 2.97. The summed E-state index contributed by atoms with van der Waals surface area (Å²) in [6.45, 7) is 4.99. The fraction of sp³-hybridized carbons (Fsp3) is 0.440. The van der Waals surface area contributed by atoms with E-state index in [0.29, 0.717) is 19.8 Å². The fourth-order valence-electron chi connectivity index (χ4n) is 4.49. The Balaban J connectivity index is 1.13. The second-order valence-electron chi connectivity index (χ2n) is 8.48. The quantitative estimate of drug-likeness (QED) is 0.456. The van der Waals surface area contributed by atoms with E-state index < -0.39 is 0 Å². The van der Waals surface area contributed by atoms with Crippen LogP contribution in [0.25, 0.3) is 10.9 Å². The number of piperidine rings is 1. The molecule has 1 fully saturated rings. The number of likely N-dealkylation sites (tertiary alicyclic amines) is 1. The third kappa shape index (κ3) is 5.20. The number of aromatic nitrogens is 2. The Bertz CT molecular complexity index is 1170. The van der Waals surface area contributed by atoms with Crippen molar-refractivity contribution in [3.63, 3.8) is 0 Å². The third-order valence-electron chi connectivity index (χ3n) is 6.39. The molecule has 1 aromatic carbocycles. The van der Waals surface area contributed by atoms with Crippen LogP contribution < -0.4 is 19.8 Å². The van der Waals surface area contributed by atoms with Gasteiger partial charge in [0.2, 0.25) is 0 Å². The minimum atomic E-state index is 0.0440. The molecule has 0 saturated carbocycles. The maximum absolute atomic E-state index is 12.6. The number of nitrogens with zero attached hydrogens (tertiary/aromatic N) is 3. The number of fused-ring (bicyclic) bond motifs is 2. The van der Waals surface area contributed by atoms with Crippen LogP contribution in [0.5, 0.6) is 17.2 Å². The van der Waals surface area contributed by atoms with Gasteiger partial charge in [-0.1, -0.05) is 0 Å². The summed E-state index contributed by atoms with van der Waals surface area (Å²) < 4.78 is 19.3. The van der Waals surface area contributed by atoms with Gasteiger partial charge in [0.05, 0.1) is 0 Å². The molecule has 0 bridgehead atoms. The van der Waals surface area contributed by atoms with Gasteiger partial charge in [-0.05, 0) is 0 Å². The topological polar surface area (TPSA) is 65.8 Å². The molecule has 0 unspecified atom stereocenters. The standard InChI is InChI=1S/C25H29AsN3O4/c1-31-21-4-2-18-3-5-25(30)29(22(18)15-21)11-10-28-8-6-19(7-9-28)26-16-20-14-23-24(17-27-20)33-13-12-32-23/h2-5,14-15,17,19H,6-13,16H2,1H3. The molecule has 3 aromatic rings. The van der Waals surface area contributed by atoms with E-state index in [2.05, 4.69) is 16.0 Å². The van der Waals surface area contributed by atoms with Crippen LogP contribution in [0.15, 0.2) is 47.4 Å². The molecule has 1 saturated heterocycles. The molecule has 5 rings (SSSR count). The summed E-state index contributed by atoms with van der Waals surface area (Å²) in [6.07, 6.45) is 4.25. The van der Waals surface area contributed by atoms with E-state index in [-0.39, 0.29) is 21.3 Å². The number of ether oxygens (including phenoxy) is 3. The summed E-state index contributed by atoms with van der Waals surface area (Å²) in [5, 5.41) is 2.12. The van der Waals surface area contributed by atoms with Crippen LogP contribution in [0.2, 0.25) is 4.71 Å². The van der Waals surface area contributed by atoms with Gasteiger partial charge in [0.15, 0.2) is 0 Å². The Morgan fingerprint density at radius 2 is 1.85 bits per heavy atom. The molecule has 0 aliphatic carbocycles. The molecule has 2 aromatic heterocycles. The van der Waals surface area contributed by atoms with E-state index >= 15 is 0 Å². The summed E-state index contributed by atoms with van der Waals surface area (Å²) in [4.78, 5) is 19.6. The number of benzene rings is 1. The predicted molar refractivity (Wildman–Crippen MR) is 129 cm³/mol. The molecule has 2 aliphatic heterocycles. The van der Waals surface area contributed by atoms with E-state index in [9.17, 15) is 4.79 Å². The van der Waals surface area contributed by atoms with Crippen molar-refractivity contribution in [3.05, 3.63) is 58.6 Å². The zero-order valence-electron chi connectivity index (χ0n) is 18.9. The second kappa shape index (κ2) is 10.2. The van der Waals surface area contributed by atoms with E-state index in [4.69, 9.17) is 14.2 Å². The van der Waals surface area contributed by atoms with Gasteiger partial charge < -0.3 is 0 Å². The SMILES string of the molecule is COc1ccc2ccc(=O)n(CCN3CCC([As]Cc4cc5c(cn4)OCCO5)CC3)c2c1. The average Bonchev–Trinajstić information content (AvgIpc) is 2.87. The number of pyridine rings is 2. The molecule has 1 radical (unpaired) electrons. The molecule has 0 amide bonds. The van der Waals surface area contributed by atoms with E-state index in [1.54, 1.807) is 19.4 Å². The average molecular weight is 510 g/mol. The normalized spacial score (nSPS) is 17.1. The van der Waals surface area contributed by atoms with Crippen LogP contribution in [-0.4, -0.2) is 70.2 Å². The first-order valence-electron chi connectivity index (χ1n) is 11.5. The van der Waals surface area contributed by atoms with E-state index in [0.717, 1.165) is 63.4 Å². The van der Waals surface area contributed by atoms with Crippen molar-refractivity contribution in [3.8, 4) is 17.2 Å². The molecule has 0 spiro atoms. The first-order valence-corrected chi connectivity index (χ1v) is 13.9. The minimum absolute atomic E-state index is 0.0440.